The third-order valence-electron chi connectivity index (χ3n) is 3.32. The number of H-pyrrole nitrogens is 1. The molecule has 0 amide bonds. The second-order valence-electron chi connectivity index (χ2n) is 5.28. The SMILES string of the molecule is CC(C)(O)c1ccc(-c2cnc3[nH]ccc3c2)cc1. The molecule has 0 aliphatic carbocycles. The molecule has 19 heavy (non-hydrogen) atoms. The van der Waals surface area contributed by atoms with Gasteiger partial charge in [0.05, 0.1) is 5.60 Å². The molecule has 3 rings (SSSR count). The van der Waals surface area contributed by atoms with Crippen molar-refractivity contribution in [2.75, 3.05) is 0 Å². The van der Waals surface area contributed by atoms with Gasteiger partial charge in [-0.1, -0.05) is 24.3 Å². The summed E-state index contributed by atoms with van der Waals surface area (Å²) in [5.74, 6) is 0. The lowest BCUT2D eigenvalue weighted by molar-refractivity contribution is 0.0786. The fourth-order valence-corrected chi connectivity index (χ4v) is 2.17. The first-order valence-electron chi connectivity index (χ1n) is 6.30. The van der Waals surface area contributed by atoms with Crippen molar-refractivity contribution >= 4 is 11.0 Å². The van der Waals surface area contributed by atoms with Crippen LogP contribution < -0.4 is 0 Å². The predicted molar refractivity (Wildman–Crippen MR) is 76.8 cm³/mol. The molecule has 2 N–H and O–H groups in total. The van der Waals surface area contributed by atoms with Gasteiger partial charge < -0.3 is 10.1 Å². The van der Waals surface area contributed by atoms with Crippen LogP contribution >= 0.6 is 0 Å². The number of nitrogens with zero attached hydrogens (tertiary/aromatic N) is 1. The molecule has 96 valence electrons. The van der Waals surface area contributed by atoms with E-state index in [1.165, 1.54) is 0 Å². The van der Waals surface area contributed by atoms with E-state index in [4.69, 9.17) is 0 Å². The van der Waals surface area contributed by atoms with Crippen molar-refractivity contribution in [1.29, 1.82) is 0 Å². The molecule has 1 aromatic carbocycles. The minimum atomic E-state index is -0.804. The molecule has 0 unspecified atom stereocenters. The summed E-state index contributed by atoms with van der Waals surface area (Å²) in [6.07, 6.45) is 3.75. The zero-order valence-electron chi connectivity index (χ0n) is 11.0. The molecule has 0 aliphatic heterocycles. The first-order chi connectivity index (χ1) is 9.04. The molecule has 0 fully saturated rings. The Bertz CT molecular complexity index is 705. The number of pyridine rings is 1. The lowest BCUT2D eigenvalue weighted by Gasteiger charge is -2.17. The Morgan fingerprint density at radius 1 is 1.05 bits per heavy atom. The zero-order valence-corrected chi connectivity index (χ0v) is 11.0. The highest BCUT2D eigenvalue weighted by molar-refractivity contribution is 5.81. The van der Waals surface area contributed by atoms with Gasteiger partial charge in [0.1, 0.15) is 5.65 Å². The Labute approximate surface area is 111 Å². The summed E-state index contributed by atoms with van der Waals surface area (Å²) in [4.78, 5) is 7.47. The normalized spacial score (nSPS) is 11.9. The molecule has 0 saturated heterocycles. The summed E-state index contributed by atoms with van der Waals surface area (Å²) in [5, 5.41) is 11.0. The van der Waals surface area contributed by atoms with Crippen molar-refractivity contribution in [2.24, 2.45) is 0 Å². The van der Waals surface area contributed by atoms with Crippen molar-refractivity contribution in [1.82, 2.24) is 9.97 Å². The van der Waals surface area contributed by atoms with E-state index in [1.54, 1.807) is 13.8 Å². The zero-order chi connectivity index (χ0) is 13.5. The van der Waals surface area contributed by atoms with Gasteiger partial charge >= 0.3 is 0 Å². The molecule has 3 heteroatoms. The van der Waals surface area contributed by atoms with Crippen LogP contribution in [0.15, 0.2) is 48.8 Å². The lowest BCUT2D eigenvalue weighted by Crippen LogP contribution is -2.14. The largest absolute Gasteiger partial charge is 0.386 e. The van der Waals surface area contributed by atoms with Gasteiger partial charge in [-0.3, -0.25) is 0 Å². The van der Waals surface area contributed by atoms with Crippen LogP contribution in [-0.4, -0.2) is 15.1 Å². The van der Waals surface area contributed by atoms with E-state index in [2.05, 4.69) is 16.0 Å². The molecule has 0 saturated carbocycles. The van der Waals surface area contributed by atoms with Crippen molar-refractivity contribution in [3.8, 4) is 11.1 Å². The summed E-state index contributed by atoms with van der Waals surface area (Å²) < 4.78 is 0. The highest BCUT2D eigenvalue weighted by Gasteiger charge is 2.15. The summed E-state index contributed by atoms with van der Waals surface area (Å²) >= 11 is 0. The molecule has 2 aromatic heterocycles. The topological polar surface area (TPSA) is 48.9 Å². The van der Waals surface area contributed by atoms with Crippen molar-refractivity contribution < 1.29 is 5.11 Å². The minimum Gasteiger partial charge on any atom is -0.386 e. The summed E-state index contributed by atoms with van der Waals surface area (Å²) in [6, 6.07) is 12.1. The van der Waals surface area contributed by atoms with Crippen LogP contribution in [-0.2, 0) is 5.60 Å². The van der Waals surface area contributed by atoms with Crippen molar-refractivity contribution in [3.63, 3.8) is 0 Å². The fraction of sp³-hybridized carbons (Fsp3) is 0.188. The molecule has 0 atom stereocenters. The average molecular weight is 252 g/mol. The van der Waals surface area contributed by atoms with Crippen LogP contribution in [0, 0.1) is 0 Å². The van der Waals surface area contributed by atoms with E-state index in [0.29, 0.717) is 0 Å². The van der Waals surface area contributed by atoms with E-state index >= 15 is 0 Å². The maximum Gasteiger partial charge on any atom is 0.137 e. The maximum absolute atomic E-state index is 9.95. The third kappa shape index (κ3) is 2.25. The number of rotatable bonds is 2. The lowest BCUT2D eigenvalue weighted by atomic mass is 9.96. The highest BCUT2D eigenvalue weighted by atomic mass is 16.3. The maximum atomic E-state index is 9.95. The molecular weight excluding hydrogens is 236 g/mol. The number of hydrogen-bond donors (Lipinski definition) is 2. The Hall–Kier alpha value is -2.13. The van der Waals surface area contributed by atoms with E-state index in [9.17, 15) is 5.11 Å². The second-order valence-corrected chi connectivity index (χ2v) is 5.28. The summed E-state index contributed by atoms with van der Waals surface area (Å²) in [5.41, 5.74) is 3.18. The molecule has 2 heterocycles. The monoisotopic (exact) mass is 252 g/mol. The fourth-order valence-electron chi connectivity index (χ4n) is 2.17. The number of aromatic amines is 1. The highest BCUT2D eigenvalue weighted by Crippen LogP contribution is 2.25. The van der Waals surface area contributed by atoms with Gasteiger partial charge in [0, 0.05) is 23.3 Å². The van der Waals surface area contributed by atoms with Gasteiger partial charge in [-0.05, 0) is 37.1 Å². The van der Waals surface area contributed by atoms with Gasteiger partial charge in [-0.2, -0.15) is 0 Å². The van der Waals surface area contributed by atoms with E-state index in [0.717, 1.165) is 27.7 Å². The molecule has 0 aliphatic rings. The average Bonchev–Trinajstić information content (AvgIpc) is 2.85. The number of benzene rings is 1. The second kappa shape index (κ2) is 4.21. The molecule has 0 bridgehead atoms. The van der Waals surface area contributed by atoms with Gasteiger partial charge in [-0.25, -0.2) is 4.98 Å². The quantitative estimate of drug-likeness (QED) is 0.733. The minimum absolute atomic E-state index is 0.804. The summed E-state index contributed by atoms with van der Waals surface area (Å²) in [6.45, 7) is 3.57. The molecule has 3 nitrogen and oxygen atoms in total. The Morgan fingerprint density at radius 2 is 1.79 bits per heavy atom. The first-order valence-corrected chi connectivity index (χ1v) is 6.30. The first kappa shape index (κ1) is 11.9. The molecular formula is C16H16N2O. The van der Waals surface area contributed by atoms with Crippen molar-refractivity contribution in [2.45, 2.75) is 19.4 Å². The molecule has 0 spiro atoms. The Morgan fingerprint density at radius 3 is 2.47 bits per heavy atom. The van der Waals surface area contributed by atoms with Crippen molar-refractivity contribution in [3.05, 3.63) is 54.4 Å². The van der Waals surface area contributed by atoms with E-state index < -0.39 is 5.60 Å². The standard InChI is InChI=1S/C16H16N2O/c1-16(2,19)14-5-3-11(4-6-14)13-9-12-7-8-17-15(12)18-10-13/h3-10,19H,1-2H3,(H,17,18). The summed E-state index contributed by atoms with van der Waals surface area (Å²) in [7, 11) is 0. The number of hydrogen-bond acceptors (Lipinski definition) is 2. The Balaban J connectivity index is 2.01. The van der Waals surface area contributed by atoms with Crippen LogP contribution in [0.4, 0.5) is 0 Å². The van der Waals surface area contributed by atoms with Gasteiger partial charge in [0.15, 0.2) is 0 Å². The van der Waals surface area contributed by atoms with E-state index in [-0.39, 0.29) is 0 Å². The third-order valence-corrected chi connectivity index (χ3v) is 3.32. The van der Waals surface area contributed by atoms with Crippen LogP contribution in [0.25, 0.3) is 22.2 Å². The van der Waals surface area contributed by atoms with Gasteiger partial charge in [-0.15, -0.1) is 0 Å². The smallest absolute Gasteiger partial charge is 0.137 e. The number of aliphatic hydroxyl groups is 1. The molecule has 0 radical (unpaired) electrons. The van der Waals surface area contributed by atoms with Gasteiger partial charge in [0.25, 0.3) is 0 Å². The van der Waals surface area contributed by atoms with Crippen LogP contribution in [0.1, 0.15) is 19.4 Å². The Kier molecular flexibility index (Phi) is 2.64. The number of fused-ring (bicyclic) bond motifs is 1. The molecule has 3 aromatic rings. The van der Waals surface area contributed by atoms with Crippen LogP contribution in [0.2, 0.25) is 0 Å². The van der Waals surface area contributed by atoms with Gasteiger partial charge in [0.2, 0.25) is 0 Å². The number of nitrogens with one attached hydrogen (secondary N) is 1. The van der Waals surface area contributed by atoms with Crippen LogP contribution in [0.5, 0.6) is 0 Å². The predicted octanol–water partition coefficient (Wildman–Crippen LogP) is 3.46. The van der Waals surface area contributed by atoms with Crippen LogP contribution in [0.3, 0.4) is 0 Å². The van der Waals surface area contributed by atoms with E-state index in [1.807, 2.05) is 42.7 Å². The number of aromatic nitrogens is 2.